The molecule has 0 saturated carbocycles. The summed E-state index contributed by atoms with van der Waals surface area (Å²) in [5, 5.41) is 15.6. The lowest BCUT2D eigenvalue weighted by Gasteiger charge is -2.42. The summed E-state index contributed by atoms with van der Waals surface area (Å²) in [7, 11) is 1.62. The Morgan fingerprint density at radius 1 is 1.12 bits per heavy atom. The quantitative estimate of drug-likeness (QED) is 0.273. The zero-order chi connectivity index (χ0) is 30.0. The number of nitrogens with zero attached hydrogens (tertiary/aromatic N) is 1. The molecule has 4 N–H and O–H groups in total. The van der Waals surface area contributed by atoms with Crippen molar-refractivity contribution >= 4 is 23.4 Å². The fourth-order valence-electron chi connectivity index (χ4n) is 5.74. The van der Waals surface area contributed by atoms with E-state index in [1.165, 1.54) is 0 Å². The molecule has 2 aromatic carbocycles. The zero-order valence-electron chi connectivity index (χ0n) is 24.7. The summed E-state index contributed by atoms with van der Waals surface area (Å²) in [5.74, 6) is -0.484. The van der Waals surface area contributed by atoms with Crippen molar-refractivity contribution in [2.45, 2.75) is 59.1 Å². The van der Waals surface area contributed by atoms with Crippen molar-refractivity contribution in [1.82, 2.24) is 10.2 Å². The maximum absolute atomic E-state index is 13.7. The predicted octanol–water partition coefficient (Wildman–Crippen LogP) is 5.05. The highest BCUT2D eigenvalue weighted by atomic mass is 35.5. The molecule has 0 aromatic heterocycles. The minimum atomic E-state index is -1.26. The number of benzene rings is 2. The molecule has 1 aliphatic rings. The molecular weight excluding hydrogens is 538 g/mol. The number of aliphatic hydroxyl groups is 1. The van der Waals surface area contributed by atoms with Crippen molar-refractivity contribution in [3.8, 4) is 5.75 Å². The fraction of sp³-hybridized carbons (Fsp3) is 0.455. The molecule has 2 aromatic rings. The van der Waals surface area contributed by atoms with Crippen LogP contribution in [0.5, 0.6) is 5.75 Å². The summed E-state index contributed by atoms with van der Waals surface area (Å²) < 4.78 is 5.32. The van der Waals surface area contributed by atoms with Gasteiger partial charge in [-0.2, -0.15) is 0 Å². The lowest BCUT2D eigenvalue weighted by Crippen LogP contribution is -2.51. The minimum absolute atomic E-state index is 0.0809. The number of carbonyl (C=O) groups is 2. The van der Waals surface area contributed by atoms with Gasteiger partial charge in [0.25, 0.3) is 0 Å². The van der Waals surface area contributed by atoms with Gasteiger partial charge >= 0.3 is 0 Å². The van der Waals surface area contributed by atoms with Crippen LogP contribution in [0.3, 0.4) is 0 Å². The van der Waals surface area contributed by atoms with E-state index < -0.39 is 23.3 Å². The summed E-state index contributed by atoms with van der Waals surface area (Å²) in [6.07, 6.45) is 4.95. The van der Waals surface area contributed by atoms with Gasteiger partial charge in [-0.1, -0.05) is 67.4 Å². The van der Waals surface area contributed by atoms with E-state index in [4.69, 9.17) is 22.1 Å². The normalized spacial score (nSPS) is 18.2. The maximum Gasteiger partial charge on any atom is 0.249 e. The summed E-state index contributed by atoms with van der Waals surface area (Å²) in [6, 6.07) is 15.1. The third kappa shape index (κ3) is 8.44. The van der Waals surface area contributed by atoms with Crippen LogP contribution in [0.4, 0.5) is 0 Å². The Bertz CT molecular complexity index is 1240. The molecule has 222 valence electrons. The van der Waals surface area contributed by atoms with Gasteiger partial charge in [-0.15, -0.1) is 0 Å². The minimum Gasteiger partial charge on any atom is -0.497 e. The number of nitrogens with one attached hydrogen (secondary N) is 1. The number of amides is 2. The molecule has 0 saturated heterocycles. The highest BCUT2D eigenvalue weighted by Crippen LogP contribution is 2.44. The van der Waals surface area contributed by atoms with Crippen molar-refractivity contribution in [3.05, 3.63) is 88.0 Å². The van der Waals surface area contributed by atoms with E-state index in [0.717, 1.165) is 35.3 Å². The maximum atomic E-state index is 13.7. The molecule has 7 nitrogen and oxygen atoms in total. The van der Waals surface area contributed by atoms with Gasteiger partial charge in [-0.05, 0) is 68.0 Å². The number of hydrogen-bond donors (Lipinski definition) is 3. The number of allylic oxidation sites excluding steroid dienone is 2. The summed E-state index contributed by atoms with van der Waals surface area (Å²) in [6.45, 7) is 7.97. The van der Waals surface area contributed by atoms with E-state index in [9.17, 15) is 14.7 Å². The molecule has 2 amide bonds. The Morgan fingerprint density at radius 2 is 1.80 bits per heavy atom. The van der Waals surface area contributed by atoms with E-state index in [-0.39, 0.29) is 18.9 Å². The van der Waals surface area contributed by atoms with Gasteiger partial charge in [0.05, 0.1) is 18.6 Å². The lowest BCUT2D eigenvalue weighted by molar-refractivity contribution is -0.132. The van der Waals surface area contributed by atoms with Gasteiger partial charge in [-0.3, -0.25) is 9.59 Å². The molecule has 0 radical (unpaired) electrons. The van der Waals surface area contributed by atoms with E-state index >= 15 is 0 Å². The second-order valence-electron chi connectivity index (χ2n) is 10.9. The molecule has 0 aliphatic heterocycles. The molecular formula is C33H44ClN3O4. The van der Waals surface area contributed by atoms with Crippen LogP contribution in [-0.2, 0) is 22.6 Å². The van der Waals surface area contributed by atoms with Gasteiger partial charge < -0.3 is 25.8 Å². The summed E-state index contributed by atoms with van der Waals surface area (Å²) in [5.41, 5.74) is 8.17. The van der Waals surface area contributed by atoms with Crippen molar-refractivity contribution in [2.75, 3.05) is 26.7 Å². The fourth-order valence-corrected chi connectivity index (χ4v) is 5.87. The molecule has 0 heterocycles. The van der Waals surface area contributed by atoms with Gasteiger partial charge in [0.15, 0.2) is 0 Å². The molecule has 3 atom stereocenters. The Labute approximate surface area is 249 Å². The number of nitrogens with two attached hydrogens (primary N) is 1. The first-order valence-electron chi connectivity index (χ1n) is 14.4. The number of methoxy groups -OCH3 is 1. The Hall–Kier alpha value is -3.13. The van der Waals surface area contributed by atoms with Crippen LogP contribution in [-0.4, -0.2) is 54.7 Å². The van der Waals surface area contributed by atoms with E-state index in [0.29, 0.717) is 36.7 Å². The van der Waals surface area contributed by atoms with Gasteiger partial charge in [-0.25, -0.2) is 0 Å². The molecule has 0 spiro atoms. The monoisotopic (exact) mass is 581 g/mol. The second-order valence-corrected chi connectivity index (χ2v) is 11.4. The van der Waals surface area contributed by atoms with Crippen LogP contribution < -0.4 is 15.8 Å². The standard InChI is InChI=1S/C33H44ClN3O4/c1-5-14-37(15-6-2)31(39)26-16-23(3)19-33(20-26,32(35)40)29(18-24-10-12-27(34)13-11-24)30(38)22-36-21-25-8-7-9-28(17-25)41-4/h7-13,16-17,19,29-30,36,38H,5-6,14-15,18,20-22H2,1-4H3,(H2,35,40)/t29-,30+,33?/m1/s1. The number of carbonyl (C=O) groups excluding carboxylic acids is 2. The summed E-state index contributed by atoms with van der Waals surface area (Å²) >= 11 is 6.14. The number of ether oxygens (including phenoxy) is 1. The molecule has 0 bridgehead atoms. The number of halogens is 1. The third-order valence-electron chi connectivity index (χ3n) is 7.69. The Balaban J connectivity index is 1.94. The van der Waals surface area contributed by atoms with Crippen molar-refractivity contribution in [2.24, 2.45) is 17.1 Å². The van der Waals surface area contributed by atoms with E-state index in [1.807, 2.05) is 74.2 Å². The number of primary amides is 1. The molecule has 1 aliphatic carbocycles. The lowest BCUT2D eigenvalue weighted by atomic mass is 9.63. The highest BCUT2D eigenvalue weighted by Gasteiger charge is 2.48. The van der Waals surface area contributed by atoms with Gasteiger partial charge in [0, 0.05) is 42.7 Å². The smallest absolute Gasteiger partial charge is 0.249 e. The van der Waals surface area contributed by atoms with E-state index in [2.05, 4.69) is 5.32 Å². The van der Waals surface area contributed by atoms with Crippen LogP contribution in [0.1, 0.15) is 51.2 Å². The van der Waals surface area contributed by atoms with Crippen LogP contribution in [0.25, 0.3) is 0 Å². The molecule has 1 unspecified atom stereocenters. The van der Waals surface area contributed by atoms with Crippen LogP contribution in [0.15, 0.2) is 71.8 Å². The molecule has 8 heteroatoms. The molecule has 41 heavy (non-hydrogen) atoms. The molecule has 3 rings (SSSR count). The second kappa shape index (κ2) is 15.2. The van der Waals surface area contributed by atoms with Crippen molar-refractivity contribution in [1.29, 1.82) is 0 Å². The highest BCUT2D eigenvalue weighted by molar-refractivity contribution is 6.30. The average Bonchev–Trinajstić information content (AvgIpc) is 2.95. The first-order chi connectivity index (χ1) is 19.6. The number of aliphatic hydroxyl groups excluding tert-OH is 1. The Morgan fingerprint density at radius 3 is 2.41 bits per heavy atom. The molecule has 0 fully saturated rings. The van der Waals surface area contributed by atoms with Crippen LogP contribution in [0, 0.1) is 11.3 Å². The first-order valence-corrected chi connectivity index (χ1v) is 14.8. The van der Waals surface area contributed by atoms with Crippen LogP contribution in [0.2, 0.25) is 5.02 Å². The number of hydrogen-bond acceptors (Lipinski definition) is 5. The average molecular weight is 582 g/mol. The SMILES string of the molecule is CCCN(CCC)C(=O)C1=CC(C)=CC(C(N)=O)([C@H](Cc2ccc(Cl)cc2)[C@@H](O)CNCc2cccc(OC)c2)C1. The van der Waals surface area contributed by atoms with Crippen LogP contribution >= 0.6 is 11.6 Å². The van der Waals surface area contributed by atoms with Crippen molar-refractivity contribution in [3.63, 3.8) is 0 Å². The largest absolute Gasteiger partial charge is 0.497 e. The van der Waals surface area contributed by atoms with Gasteiger partial charge in [0.2, 0.25) is 11.8 Å². The first kappa shape index (κ1) is 32.4. The zero-order valence-corrected chi connectivity index (χ0v) is 25.4. The third-order valence-corrected chi connectivity index (χ3v) is 7.94. The Kier molecular flexibility index (Phi) is 12.0. The predicted molar refractivity (Wildman–Crippen MR) is 165 cm³/mol. The summed E-state index contributed by atoms with van der Waals surface area (Å²) in [4.78, 5) is 29.0. The number of rotatable bonds is 15. The van der Waals surface area contributed by atoms with E-state index in [1.54, 1.807) is 19.2 Å². The van der Waals surface area contributed by atoms with Gasteiger partial charge in [0.1, 0.15) is 5.75 Å². The van der Waals surface area contributed by atoms with Crippen molar-refractivity contribution < 1.29 is 19.4 Å². The topological polar surface area (TPSA) is 105 Å².